The second-order valence-electron chi connectivity index (χ2n) is 5.48. The fourth-order valence-electron chi connectivity index (χ4n) is 2.86. The van der Waals surface area contributed by atoms with Crippen LogP contribution >= 0.6 is 0 Å². The maximum absolute atomic E-state index is 12.3. The van der Waals surface area contributed by atoms with Gasteiger partial charge < -0.3 is 10.6 Å². The summed E-state index contributed by atoms with van der Waals surface area (Å²) in [6, 6.07) is 0. The third-order valence-corrected chi connectivity index (χ3v) is 4.10. The van der Waals surface area contributed by atoms with E-state index in [-0.39, 0.29) is 5.91 Å². The van der Waals surface area contributed by atoms with E-state index in [0.717, 1.165) is 29.7 Å². The number of rotatable bonds is 5. The molecule has 6 heteroatoms. The molecule has 0 fully saturated rings. The first-order chi connectivity index (χ1) is 10.2. The Bertz CT molecular complexity index is 691. The Morgan fingerprint density at radius 2 is 2.14 bits per heavy atom. The van der Waals surface area contributed by atoms with Crippen LogP contribution < -0.4 is 5.73 Å². The lowest BCUT2D eigenvalue weighted by atomic mass is 10.1. The molecule has 6 nitrogen and oxygen atoms in total. The van der Waals surface area contributed by atoms with Crippen molar-refractivity contribution in [2.24, 2.45) is 0 Å². The molecule has 0 saturated heterocycles. The summed E-state index contributed by atoms with van der Waals surface area (Å²) in [5.41, 5.74) is 8.88. The molecular formula is C15H21N5O. The number of carbonyl (C=O) groups is 1. The Kier molecular flexibility index (Phi) is 3.53. The fourth-order valence-corrected chi connectivity index (χ4v) is 2.86. The van der Waals surface area contributed by atoms with Gasteiger partial charge in [-0.3, -0.25) is 4.79 Å². The first-order valence-electron chi connectivity index (χ1n) is 7.60. The molecule has 2 aromatic rings. The highest BCUT2D eigenvalue weighted by molar-refractivity contribution is 6.08. The quantitative estimate of drug-likeness (QED) is 0.855. The number of fused-ring (bicyclic) bond motifs is 2. The van der Waals surface area contributed by atoms with Crippen molar-refractivity contribution in [2.75, 3.05) is 12.3 Å². The average molecular weight is 287 g/mol. The highest BCUT2D eigenvalue weighted by Gasteiger charge is 2.31. The van der Waals surface area contributed by atoms with Crippen molar-refractivity contribution < 1.29 is 4.79 Å². The van der Waals surface area contributed by atoms with Gasteiger partial charge in [0.1, 0.15) is 0 Å². The molecule has 0 unspecified atom stereocenters. The summed E-state index contributed by atoms with van der Waals surface area (Å²) < 4.78 is 1.90. The Morgan fingerprint density at radius 3 is 2.86 bits per heavy atom. The molecule has 0 aromatic carbocycles. The van der Waals surface area contributed by atoms with Gasteiger partial charge in [-0.05, 0) is 13.3 Å². The fraction of sp³-hybridized carbons (Fsp3) is 0.533. The van der Waals surface area contributed by atoms with Crippen LogP contribution in [0.2, 0.25) is 0 Å². The zero-order valence-corrected chi connectivity index (χ0v) is 12.6. The lowest BCUT2D eigenvalue weighted by molar-refractivity contribution is 0.0787. The first kappa shape index (κ1) is 13.9. The lowest BCUT2D eigenvalue weighted by Crippen LogP contribution is -2.23. The molecule has 0 radical (unpaired) electrons. The van der Waals surface area contributed by atoms with E-state index in [9.17, 15) is 4.79 Å². The van der Waals surface area contributed by atoms with Crippen LogP contribution in [-0.4, -0.2) is 32.1 Å². The van der Waals surface area contributed by atoms with Crippen LogP contribution in [0.5, 0.6) is 0 Å². The van der Waals surface area contributed by atoms with Gasteiger partial charge in [-0.15, -0.1) is 0 Å². The van der Waals surface area contributed by atoms with Gasteiger partial charge in [-0.2, -0.15) is 5.10 Å². The van der Waals surface area contributed by atoms with Gasteiger partial charge in [0.25, 0.3) is 5.91 Å². The second-order valence-corrected chi connectivity index (χ2v) is 5.48. The Morgan fingerprint density at radius 1 is 1.33 bits per heavy atom. The minimum Gasteiger partial charge on any atom is -0.397 e. The minimum atomic E-state index is -0.0156. The number of aromatic nitrogens is 3. The zero-order valence-electron chi connectivity index (χ0n) is 12.6. The van der Waals surface area contributed by atoms with Crippen molar-refractivity contribution >= 4 is 22.6 Å². The number of unbranched alkanes of at least 4 members (excludes halogenated alkanes) is 2. The Balaban J connectivity index is 2.03. The molecule has 0 aliphatic carbocycles. The highest BCUT2D eigenvalue weighted by Crippen LogP contribution is 2.31. The van der Waals surface area contributed by atoms with E-state index >= 15 is 0 Å². The molecule has 0 saturated carbocycles. The van der Waals surface area contributed by atoms with E-state index in [0.29, 0.717) is 24.3 Å². The molecule has 0 atom stereocenters. The van der Waals surface area contributed by atoms with Gasteiger partial charge in [0.05, 0.1) is 35.1 Å². The van der Waals surface area contributed by atoms with Crippen LogP contribution in [0.25, 0.3) is 11.0 Å². The number of anilines is 1. The van der Waals surface area contributed by atoms with Gasteiger partial charge in [0, 0.05) is 13.1 Å². The summed E-state index contributed by atoms with van der Waals surface area (Å²) in [5.74, 6) is -0.0156. The summed E-state index contributed by atoms with van der Waals surface area (Å²) in [4.78, 5) is 18.7. The summed E-state index contributed by atoms with van der Waals surface area (Å²) in [5, 5.41) is 5.17. The van der Waals surface area contributed by atoms with Gasteiger partial charge in [0.15, 0.2) is 5.65 Å². The smallest absolute Gasteiger partial charge is 0.258 e. The summed E-state index contributed by atoms with van der Waals surface area (Å²) >= 11 is 0. The predicted molar refractivity (Wildman–Crippen MR) is 81.9 cm³/mol. The number of nitrogens with two attached hydrogens (primary N) is 1. The normalized spacial score (nSPS) is 14.2. The largest absolute Gasteiger partial charge is 0.397 e. The maximum Gasteiger partial charge on any atom is 0.258 e. The van der Waals surface area contributed by atoms with Crippen LogP contribution in [0.4, 0.5) is 5.69 Å². The number of aryl methyl sites for hydroxylation is 1. The van der Waals surface area contributed by atoms with Crippen LogP contribution in [0.3, 0.4) is 0 Å². The molecule has 2 N–H and O–H groups in total. The molecule has 112 valence electrons. The molecular weight excluding hydrogens is 266 g/mol. The van der Waals surface area contributed by atoms with Crippen LogP contribution in [-0.2, 0) is 13.1 Å². The predicted octanol–water partition coefficient (Wildman–Crippen LogP) is 2.18. The molecule has 2 aromatic heterocycles. The van der Waals surface area contributed by atoms with E-state index in [1.165, 1.54) is 12.8 Å². The molecule has 21 heavy (non-hydrogen) atoms. The van der Waals surface area contributed by atoms with Crippen molar-refractivity contribution in [2.45, 2.75) is 46.2 Å². The van der Waals surface area contributed by atoms with Crippen molar-refractivity contribution in [3.63, 3.8) is 0 Å². The van der Waals surface area contributed by atoms with E-state index in [4.69, 9.17) is 5.73 Å². The third-order valence-electron chi connectivity index (χ3n) is 4.10. The minimum absolute atomic E-state index is 0.0156. The zero-order chi connectivity index (χ0) is 15.0. The lowest BCUT2D eigenvalue weighted by Gasteiger charge is -2.10. The van der Waals surface area contributed by atoms with E-state index in [2.05, 4.69) is 17.0 Å². The summed E-state index contributed by atoms with van der Waals surface area (Å²) in [7, 11) is 0. The number of hydrogen-bond acceptors (Lipinski definition) is 4. The molecule has 0 bridgehead atoms. The van der Waals surface area contributed by atoms with Gasteiger partial charge in [-0.25, -0.2) is 9.67 Å². The van der Waals surface area contributed by atoms with E-state index in [1.54, 1.807) is 11.1 Å². The molecule has 1 amide bonds. The Hall–Kier alpha value is -2.11. The summed E-state index contributed by atoms with van der Waals surface area (Å²) in [6.07, 6.45) is 5.14. The molecule has 0 spiro atoms. The van der Waals surface area contributed by atoms with Crippen molar-refractivity contribution in [3.8, 4) is 0 Å². The molecule has 1 aliphatic heterocycles. The number of hydrogen-bond donors (Lipinski definition) is 1. The van der Waals surface area contributed by atoms with Gasteiger partial charge in [0.2, 0.25) is 0 Å². The monoisotopic (exact) mass is 287 g/mol. The molecule has 1 aliphatic rings. The molecule has 3 heterocycles. The number of carbonyl (C=O) groups excluding carboxylic acids is 1. The number of amides is 1. The third kappa shape index (κ3) is 2.14. The highest BCUT2D eigenvalue weighted by atomic mass is 16.2. The Labute approximate surface area is 123 Å². The standard InChI is InChI=1S/C15H21N5O/c1-3-5-6-7-20-14-10(8-17-20)13(16)12-11(18-14)9-19(4-2)15(12)21/h8H,3-7,9H2,1-2H3,(H2,16,18). The van der Waals surface area contributed by atoms with E-state index < -0.39 is 0 Å². The van der Waals surface area contributed by atoms with Crippen LogP contribution in [0.1, 0.15) is 49.2 Å². The van der Waals surface area contributed by atoms with Gasteiger partial charge in [-0.1, -0.05) is 19.8 Å². The SMILES string of the molecule is CCCCCn1ncc2c(N)c3c(nc21)CN(CC)C3=O. The summed E-state index contributed by atoms with van der Waals surface area (Å²) in [6.45, 7) is 6.20. The van der Waals surface area contributed by atoms with E-state index in [1.807, 2.05) is 11.6 Å². The number of nitrogens with zero attached hydrogens (tertiary/aromatic N) is 4. The van der Waals surface area contributed by atoms with Crippen molar-refractivity contribution in [3.05, 3.63) is 17.5 Å². The van der Waals surface area contributed by atoms with Crippen molar-refractivity contribution in [1.82, 2.24) is 19.7 Å². The van der Waals surface area contributed by atoms with Gasteiger partial charge >= 0.3 is 0 Å². The topological polar surface area (TPSA) is 77.0 Å². The number of nitrogen functional groups attached to an aromatic ring is 1. The van der Waals surface area contributed by atoms with Crippen LogP contribution in [0.15, 0.2) is 6.20 Å². The number of pyridine rings is 1. The maximum atomic E-state index is 12.3. The molecule has 3 rings (SSSR count). The van der Waals surface area contributed by atoms with Crippen molar-refractivity contribution in [1.29, 1.82) is 0 Å². The van der Waals surface area contributed by atoms with Crippen LogP contribution in [0, 0.1) is 0 Å². The first-order valence-corrected chi connectivity index (χ1v) is 7.60. The average Bonchev–Trinajstić information content (AvgIpc) is 3.02. The second kappa shape index (κ2) is 5.35.